The Labute approximate surface area is 221 Å². The van der Waals surface area contributed by atoms with Crippen LogP contribution in [0.4, 0.5) is 4.39 Å². The first-order chi connectivity index (χ1) is 16.9. The maximum Gasteiger partial charge on any atom is 0.341 e. The molecule has 0 aliphatic carbocycles. The van der Waals surface area contributed by atoms with E-state index in [4.69, 9.17) is 39.5 Å². The molecule has 0 spiro atoms. The van der Waals surface area contributed by atoms with Gasteiger partial charge in [0.15, 0.2) is 0 Å². The summed E-state index contributed by atoms with van der Waals surface area (Å²) in [6.45, 7) is 8.64. The van der Waals surface area contributed by atoms with Crippen LogP contribution < -0.4 is 5.43 Å². The summed E-state index contributed by atoms with van der Waals surface area (Å²) >= 11 is 18.3. The maximum absolute atomic E-state index is 15.2. The van der Waals surface area contributed by atoms with Crippen molar-refractivity contribution in [1.82, 2.24) is 4.57 Å². The lowest BCUT2D eigenvalue weighted by Crippen LogP contribution is -2.25. The number of carbonyl (C=O) groups is 2. The molecule has 0 fully saturated rings. The Morgan fingerprint density at radius 1 is 1.17 bits per heavy atom. The van der Waals surface area contributed by atoms with Crippen molar-refractivity contribution in [2.45, 2.75) is 33.4 Å². The number of benzene rings is 2. The molecule has 0 bridgehead atoms. The van der Waals surface area contributed by atoms with E-state index in [1.54, 1.807) is 31.4 Å². The minimum Gasteiger partial charge on any atom is -0.477 e. The number of carboxylic acids is 1. The Kier molecular flexibility index (Phi) is 8.29. The van der Waals surface area contributed by atoms with Crippen molar-refractivity contribution in [2.24, 2.45) is 0 Å². The van der Waals surface area contributed by atoms with Gasteiger partial charge in [0.25, 0.3) is 0 Å². The zero-order chi connectivity index (χ0) is 26.9. The van der Waals surface area contributed by atoms with E-state index < -0.39 is 34.9 Å². The molecule has 0 amide bonds. The number of aromatic carboxylic acids is 1. The average Bonchev–Trinajstić information content (AvgIpc) is 2.81. The number of halogens is 4. The third-order valence-corrected chi connectivity index (χ3v) is 6.67. The van der Waals surface area contributed by atoms with Crippen molar-refractivity contribution in [2.75, 3.05) is 0 Å². The van der Waals surface area contributed by atoms with Gasteiger partial charge in [-0.3, -0.25) is 4.79 Å². The summed E-state index contributed by atoms with van der Waals surface area (Å²) in [5, 5.41) is 10.2. The maximum atomic E-state index is 15.2. The quantitative estimate of drug-likeness (QED) is 0.251. The summed E-state index contributed by atoms with van der Waals surface area (Å²) in [6, 6.07) is 6.45. The minimum atomic E-state index is -1.52. The third kappa shape index (κ3) is 5.05. The lowest BCUT2D eigenvalue weighted by molar-refractivity contribution is 0.0425. The number of nitrogens with zero attached hydrogens (tertiary/aromatic N) is 1. The van der Waals surface area contributed by atoms with E-state index in [1.165, 1.54) is 18.2 Å². The molecule has 3 rings (SSSR count). The second-order valence-corrected chi connectivity index (χ2v) is 9.07. The van der Waals surface area contributed by atoms with Gasteiger partial charge in [0.1, 0.15) is 17.5 Å². The molecule has 188 valence electrons. The van der Waals surface area contributed by atoms with Gasteiger partial charge in [0.05, 0.1) is 31.9 Å². The van der Waals surface area contributed by atoms with Crippen LogP contribution >= 0.6 is 34.8 Å². The van der Waals surface area contributed by atoms with Crippen LogP contribution in [0.15, 0.2) is 47.8 Å². The topological polar surface area (TPSA) is 85.6 Å². The molecule has 1 aromatic heterocycles. The molecular formula is C26H21Cl3FNO5. The van der Waals surface area contributed by atoms with Crippen LogP contribution in [-0.4, -0.2) is 27.7 Å². The molecule has 1 atom stereocenters. The van der Waals surface area contributed by atoms with Gasteiger partial charge in [0, 0.05) is 23.4 Å². The van der Waals surface area contributed by atoms with Crippen LogP contribution in [-0.2, 0) is 11.3 Å². The first-order valence-corrected chi connectivity index (χ1v) is 11.8. The Bertz CT molecular complexity index is 1470. The van der Waals surface area contributed by atoms with Gasteiger partial charge in [-0.2, -0.15) is 0 Å². The molecule has 0 saturated heterocycles. The van der Waals surface area contributed by atoms with E-state index in [0.717, 1.165) is 12.1 Å². The number of ether oxygens (including phenoxy) is 1. The van der Waals surface area contributed by atoms with Crippen LogP contribution in [0.3, 0.4) is 0 Å². The second kappa shape index (κ2) is 10.9. The van der Waals surface area contributed by atoms with Crippen molar-refractivity contribution in [1.29, 1.82) is 0 Å². The lowest BCUT2D eigenvalue weighted by Gasteiger charge is -2.22. The highest BCUT2D eigenvalue weighted by atomic mass is 35.5. The van der Waals surface area contributed by atoms with Gasteiger partial charge in [-0.1, -0.05) is 53.5 Å². The SMILES string of the molecule is C=CC(C)OC(=O)c1cc(-c2c(C)n(CC)c(-c3ccc(Cl)c(Cl)c3)c(C(=O)O)c2=O)c(F)cc1Cl. The van der Waals surface area contributed by atoms with Crippen molar-refractivity contribution in [3.05, 3.63) is 90.9 Å². The number of pyridine rings is 1. The fourth-order valence-electron chi connectivity index (χ4n) is 3.87. The number of carboxylic acid groups (broad SMARTS) is 1. The lowest BCUT2D eigenvalue weighted by atomic mass is 9.95. The molecule has 0 saturated carbocycles. The van der Waals surface area contributed by atoms with E-state index >= 15 is 4.39 Å². The van der Waals surface area contributed by atoms with E-state index in [1.807, 2.05) is 0 Å². The molecule has 0 radical (unpaired) electrons. The minimum absolute atomic E-state index is 0.0867. The summed E-state index contributed by atoms with van der Waals surface area (Å²) in [6.07, 6.45) is 0.742. The summed E-state index contributed by atoms with van der Waals surface area (Å²) in [7, 11) is 0. The smallest absolute Gasteiger partial charge is 0.341 e. The van der Waals surface area contributed by atoms with Crippen LogP contribution in [0.5, 0.6) is 0 Å². The number of hydrogen-bond acceptors (Lipinski definition) is 4. The Hall–Kier alpha value is -3.13. The van der Waals surface area contributed by atoms with E-state index in [-0.39, 0.29) is 49.7 Å². The highest BCUT2D eigenvalue weighted by Crippen LogP contribution is 2.35. The zero-order valence-electron chi connectivity index (χ0n) is 19.5. The number of rotatable bonds is 7. The van der Waals surface area contributed by atoms with Gasteiger partial charge in [-0.15, -0.1) is 0 Å². The molecule has 1 N–H and O–H groups in total. The molecule has 36 heavy (non-hydrogen) atoms. The van der Waals surface area contributed by atoms with Gasteiger partial charge in [-0.05, 0) is 45.0 Å². The fourth-order valence-corrected chi connectivity index (χ4v) is 4.39. The van der Waals surface area contributed by atoms with E-state index in [2.05, 4.69) is 6.58 Å². The van der Waals surface area contributed by atoms with Gasteiger partial charge >= 0.3 is 11.9 Å². The molecule has 0 aliphatic rings. The highest BCUT2D eigenvalue weighted by molar-refractivity contribution is 6.42. The molecule has 1 heterocycles. The van der Waals surface area contributed by atoms with Crippen LogP contribution in [0.2, 0.25) is 15.1 Å². The summed E-state index contributed by atoms with van der Waals surface area (Å²) < 4.78 is 21.9. The summed E-state index contributed by atoms with van der Waals surface area (Å²) in [5.41, 5.74) is -1.52. The second-order valence-electron chi connectivity index (χ2n) is 7.85. The van der Waals surface area contributed by atoms with Gasteiger partial charge in [-0.25, -0.2) is 14.0 Å². The predicted molar refractivity (Wildman–Crippen MR) is 139 cm³/mol. The van der Waals surface area contributed by atoms with Crippen molar-refractivity contribution >= 4 is 46.7 Å². The Balaban J connectivity index is 2.40. The fraction of sp³-hybridized carbons (Fsp3) is 0.192. The summed E-state index contributed by atoms with van der Waals surface area (Å²) in [5.74, 6) is -3.28. The van der Waals surface area contributed by atoms with Gasteiger partial charge in [0.2, 0.25) is 5.43 Å². The first kappa shape index (κ1) is 27.5. The summed E-state index contributed by atoms with van der Waals surface area (Å²) in [4.78, 5) is 38.6. The normalized spacial score (nSPS) is 11.8. The van der Waals surface area contributed by atoms with E-state index in [0.29, 0.717) is 5.56 Å². The first-order valence-electron chi connectivity index (χ1n) is 10.7. The molecule has 10 heteroatoms. The molecule has 0 aliphatic heterocycles. The van der Waals surface area contributed by atoms with Gasteiger partial charge < -0.3 is 14.4 Å². The van der Waals surface area contributed by atoms with Crippen molar-refractivity contribution in [3.8, 4) is 22.4 Å². The zero-order valence-corrected chi connectivity index (χ0v) is 21.8. The van der Waals surface area contributed by atoms with Crippen LogP contribution in [0, 0.1) is 12.7 Å². The molecular weight excluding hydrogens is 532 g/mol. The van der Waals surface area contributed by atoms with Crippen molar-refractivity contribution < 1.29 is 23.8 Å². The third-order valence-electron chi connectivity index (χ3n) is 5.62. The van der Waals surface area contributed by atoms with Crippen LogP contribution in [0.1, 0.15) is 40.3 Å². The Morgan fingerprint density at radius 2 is 1.83 bits per heavy atom. The largest absolute Gasteiger partial charge is 0.477 e. The molecule has 6 nitrogen and oxygen atoms in total. The monoisotopic (exact) mass is 551 g/mol. The average molecular weight is 553 g/mol. The molecule has 1 unspecified atom stereocenters. The number of hydrogen-bond donors (Lipinski definition) is 1. The number of carbonyl (C=O) groups excluding carboxylic acids is 1. The molecule has 3 aromatic rings. The standard InChI is InChI=1S/C26H21Cl3FNO5/c1-5-12(3)36-26(35)15-10-16(20(30)11-18(15)28)21-13(4)31(6-2)23(22(24(21)32)25(33)34)14-7-8-17(27)19(29)9-14/h5,7-12H,1,6H2,2-4H3,(H,33,34). The highest BCUT2D eigenvalue weighted by Gasteiger charge is 2.28. The molecule has 2 aromatic carbocycles. The van der Waals surface area contributed by atoms with Crippen molar-refractivity contribution in [3.63, 3.8) is 0 Å². The predicted octanol–water partition coefficient (Wildman–Crippen LogP) is 7.04. The number of esters is 1. The number of aromatic nitrogens is 1. The van der Waals surface area contributed by atoms with Crippen LogP contribution in [0.25, 0.3) is 22.4 Å². The Morgan fingerprint density at radius 3 is 2.39 bits per heavy atom. The van der Waals surface area contributed by atoms with E-state index in [9.17, 15) is 19.5 Å².